The fourth-order valence-electron chi connectivity index (χ4n) is 7.49. The van der Waals surface area contributed by atoms with Crippen LogP contribution in [0.1, 0.15) is 67.2 Å². The summed E-state index contributed by atoms with van der Waals surface area (Å²) in [7, 11) is 3.32. The molecular weight excluding hydrogens is 531 g/mol. The van der Waals surface area contributed by atoms with Crippen molar-refractivity contribution in [2.45, 2.75) is 76.4 Å². The zero-order valence-electron chi connectivity index (χ0n) is 25.1. The SMILES string of the molecule is CCN(Cc1ccc(OCCN2C3CCC2CC3)c(F)c1)c1cc(OC)c(OC)cc1C1CCc2cc(O)ccc2C1. The molecular formula is C35H43FN2O4. The van der Waals surface area contributed by atoms with E-state index in [0.717, 1.165) is 43.6 Å². The predicted octanol–water partition coefficient (Wildman–Crippen LogP) is 6.85. The minimum absolute atomic E-state index is 0.282. The third kappa shape index (κ3) is 5.76. The van der Waals surface area contributed by atoms with Gasteiger partial charge in [0.25, 0.3) is 0 Å². The Morgan fingerprint density at radius 1 is 0.881 bits per heavy atom. The first-order valence-electron chi connectivity index (χ1n) is 15.5. The summed E-state index contributed by atoms with van der Waals surface area (Å²) in [5.74, 6) is 2.00. The highest BCUT2D eigenvalue weighted by molar-refractivity contribution is 5.64. The van der Waals surface area contributed by atoms with E-state index in [-0.39, 0.29) is 11.7 Å². The van der Waals surface area contributed by atoms with Gasteiger partial charge in [-0.2, -0.15) is 0 Å². The Balaban J connectivity index is 1.20. The second-order valence-electron chi connectivity index (χ2n) is 12.0. The van der Waals surface area contributed by atoms with Crippen LogP contribution in [0, 0.1) is 5.82 Å². The molecule has 2 fully saturated rings. The van der Waals surface area contributed by atoms with Gasteiger partial charge in [-0.05, 0) is 110 Å². The number of halogens is 1. The molecule has 0 radical (unpaired) electrons. The van der Waals surface area contributed by atoms with E-state index in [1.807, 2.05) is 18.2 Å². The highest BCUT2D eigenvalue weighted by atomic mass is 19.1. The maximum Gasteiger partial charge on any atom is 0.165 e. The summed E-state index contributed by atoms with van der Waals surface area (Å²) in [6, 6.07) is 16.6. The van der Waals surface area contributed by atoms with Gasteiger partial charge < -0.3 is 24.2 Å². The molecule has 1 atom stereocenters. The molecule has 6 rings (SSSR count). The van der Waals surface area contributed by atoms with Gasteiger partial charge in [-0.25, -0.2) is 4.39 Å². The molecule has 1 N–H and O–H groups in total. The average molecular weight is 575 g/mol. The van der Waals surface area contributed by atoms with Crippen LogP contribution in [-0.4, -0.2) is 56.0 Å². The summed E-state index contributed by atoms with van der Waals surface area (Å²) in [5.41, 5.74) is 5.64. The minimum Gasteiger partial charge on any atom is -0.508 e. The molecule has 0 amide bonds. The molecule has 2 bridgehead atoms. The van der Waals surface area contributed by atoms with Gasteiger partial charge in [-0.15, -0.1) is 0 Å². The number of rotatable bonds is 11. The first-order chi connectivity index (χ1) is 20.5. The number of hydrogen-bond donors (Lipinski definition) is 1. The highest BCUT2D eigenvalue weighted by Gasteiger charge is 2.38. The van der Waals surface area contributed by atoms with Crippen LogP contribution >= 0.6 is 0 Å². The van der Waals surface area contributed by atoms with Crippen LogP contribution in [0.2, 0.25) is 0 Å². The maximum atomic E-state index is 15.2. The van der Waals surface area contributed by atoms with Crippen molar-refractivity contribution in [3.63, 3.8) is 0 Å². The Bertz CT molecular complexity index is 1390. The van der Waals surface area contributed by atoms with Crippen molar-refractivity contribution in [3.05, 3.63) is 76.6 Å². The lowest BCUT2D eigenvalue weighted by molar-refractivity contribution is 0.190. The lowest BCUT2D eigenvalue weighted by Crippen LogP contribution is -2.32. The number of nitrogens with zero attached hydrogens (tertiary/aromatic N) is 2. The molecule has 1 aliphatic carbocycles. The fraction of sp³-hybridized carbons (Fsp3) is 0.486. The van der Waals surface area contributed by atoms with Crippen molar-refractivity contribution in [3.8, 4) is 23.0 Å². The van der Waals surface area contributed by atoms with Gasteiger partial charge in [-0.1, -0.05) is 12.1 Å². The van der Waals surface area contributed by atoms with Crippen molar-refractivity contribution >= 4 is 5.69 Å². The summed E-state index contributed by atoms with van der Waals surface area (Å²) in [4.78, 5) is 4.84. The normalized spacial score (nSPS) is 21.3. The topological polar surface area (TPSA) is 54.4 Å². The Morgan fingerprint density at radius 3 is 2.31 bits per heavy atom. The van der Waals surface area contributed by atoms with Crippen molar-refractivity contribution in [2.24, 2.45) is 0 Å². The Kier molecular flexibility index (Phi) is 8.48. The molecule has 3 aromatic rings. The molecule has 3 aliphatic rings. The second kappa shape index (κ2) is 12.4. The minimum atomic E-state index is -0.312. The third-order valence-corrected chi connectivity index (χ3v) is 9.69. The van der Waals surface area contributed by atoms with Gasteiger partial charge in [0, 0.05) is 43.5 Å². The number of aryl methyl sites for hydroxylation is 1. The molecule has 0 spiro atoms. The van der Waals surface area contributed by atoms with Crippen molar-refractivity contribution in [2.75, 3.05) is 38.8 Å². The number of benzene rings is 3. The molecule has 224 valence electrons. The van der Waals surface area contributed by atoms with E-state index < -0.39 is 0 Å². The molecule has 1 unspecified atom stereocenters. The van der Waals surface area contributed by atoms with E-state index in [4.69, 9.17) is 14.2 Å². The summed E-state index contributed by atoms with van der Waals surface area (Å²) in [6.45, 7) is 4.82. The largest absolute Gasteiger partial charge is 0.508 e. The van der Waals surface area contributed by atoms with Crippen LogP contribution in [0.3, 0.4) is 0 Å². The van der Waals surface area contributed by atoms with Gasteiger partial charge in [0.05, 0.1) is 14.2 Å². The number of fused-ring (bicyclic) bond motifs is 3. The van der Waals surface area contributed by atoms with E-state index in [9.17, 15) is 5.11 Å². The van der Waals surface area contributed by atoms with Gasteiger partial charge in [0.1, 0.15) is 12.4 Å². The van der Waals surface area contributed by atoms with Crippen LogP contribution in [-0.2, 0) is 19.4 Å². The summed E-state index contributed by atoms with van der Waals surface area (Å²) < 4.78 is 32.5. The molecule has 2 aliphatic heterocycles. The monoisotopic (exact) mass is 574 g/mol. The standard InChI is InChI=1S/C35H43FN2O4/c1-4-37(22-23-5-14-33(31(36)17-23)42-16-15-38-27-9-10-28(38)12-11-27)32-21-35(41-3)34(40-2)20-30(32)26-7-6-25-19-29(39)13-8-24(25)18-26/h5,8,13-14,17,19-21,26-28,39H,4,6-7,9-12,15-16,18,22H2,1-3H3. The van der Waals surface area contributed by atoms with E-state index in [1.165, 1.54) is 42.4 Å². The second-order valence-corrected chi connectivity index (χ2v) is 12.0. The zero-order chi connectivity index (χ0) is 29.2. The van der Waals surface area contributed by atoms with Crippen LogP contribution in [0.25, 0.3) is 0 Å². The van der Waals surface area contributed by atoms with Crippen LogP contribution in [0.5, 0.6) is 23.0 Å². The van der Waals surface area contributed by atoms with Crippen molar-refractivity contribution in [1.29, 1.82) is 0 Å². The predicted molar refractivity (Wildman–Crippen MR) is 164 cm³/mol. The summed E-state index contributed by atoms with van der Waals surface area (Å²) >= 11 is 0. The zero-order valence-corrected chi connectivity index (χ0v) is 25.1. The average Bonchev–Trinajstić information content (AvgIpc) is 3.59. The number of methoxy groups -OCH3 is 2. The lowest BCUT2D eigenvalue weighted by atomic mass is 9.79. The van der Waals surface area contributed by atoms with Gasteiger partial charge in [0.2, 0.25) is 0 Å². The van der Waals surface area contributed by atoms with Gasteiger partial charge >= 0.3 is 0 Å². The van der Waals surface area contributed by atoms with E-state index in [0.29, 0.717) is 48.2 Å². The Morgan fingerprint density at radius 2 is 1.62 bits per heavy atom. The first-order valence-corrected chi connectivity index (χ1v) is 15.5. The van der Waals surface area contributed by atoms with Crippen molar-refractivity contribution in [1.82, 2.24) is 4.90 Å². The molecule has 0 saturated carbocycles. The number of anilines is 1. The van der Waals surface area contributed by atoms with Crippen LogP contribution in [0.4, 0.5) is 10.1 Å². The number of phenols is 1. The quantitative estimate of drug-likeness (QED) is 0.270. The number of ether oxygens (including phenoxy) is 3. The Labute approximate surface area is 249 Å². The molecule has 3 aromatic carbocycles. The summed E-state index contributed by atoms with van der Waals surface area (Å²) in [5, 5.41) is 9.96. The van der Waals surface area contributed by atoms with E-state index in [2.05, 4.69) is 28.9 Å². The third-order valence-electron chi connectivity index (χ3n) is 9.69. The molecule has 6 nitrogen and oxygen atoms in total. The van der Waals surface area contributed by atoms with Crippen LogP contribution in [0.15, 0.2) is 48.5 Å². The molecule has 7 heteroatoms. The molecule has 0 aromatic heterocycles. The van der Waals surface area contributed by atoms with Crippen molar-refractivity contribution < 1.29 is 23.7 Å². The number of hydrogen-bond acceptors (Lipinski definition) is 6. The van der Waals surface area contributed by atoms with Gasteiger partial charge in [0.15, 0.2) is 23.1 Å². The van der Waals surface area contributed by atoms with Gasteiger partial charge in [-0.3, -0.25) is 4.90 Å². The fourth-order valence-corrected chi connectivity index (χ4v) is 7.49. The molecule has 2 heterocycles. The van der Waals surface area contributed by atoms with E-state index >= 15 is 4.39 Å². The number of aromatic hydroxyl groups is 1. The molecule has 42 heavy (non-hydrogen) atoms. The number of phenolic OH excluding ortho intramolecular Hbond substituents is 1. The maximum absolute atomic E-state index is 15.2. The van der Waals surface area contributed by atoms with Crippen LogP contribution < -0.4 is 19.1 Å². The smallest absolute Gasteiger partial charge is 0.165 e. The lowest BCUT2D eigenvalue weighted by Gasteiger charge is -2.32. The first kappa shape index (κ1) is 28.7. The molecule has 2 saturated heterocycles. The summed E-state index contributed by atoms with van der Waals surface area (Å²) in [6.07, 6.45) is 7.93. The van der Waals surface area contributed by atoms with E-state index in [1.54, 1.807) is 32.4 Å². The Hall–Kier alpha value is -3.45. The highest BCUT2D eigenvalue weighted by Crippen LogP contribution is 2.44.